The van der Waals surface area contributed by atoms with E-state index in [1.54, 1.807) is 0 Å². The van der Waals surface area contributed by atoms with Crippen LogP contribution in [0.2, 0.25) is 0 Å². The number of hydrogen-bond donors (Lipinski definition) is 0. The lowest BCUT2D eigenvalue weighted by molar-refractivity contribution is 0.120. The minimum Gasteiger partial charge on any atom is -0.458 e. The zero-order valence-electron chi connectivity index (χ0n) is 16.5. The molecule has 4 aromatic rings. The number of ether oxygens (including phenoxy) is 2. The van der Waals surface area contributed by atoms with Crippen LogP contribution in [-0.2, 0) is 6.16 Å². The molecule has 0 aliphatic carbocycles. The van der Waals surface area contributed by atoms with E-state index in [1.807, 2.05) is 48.5 Å². The summed E-state index contributed by atoms with van der Waals surface area (Å²) in [7, 11) is 5.44. The highest BCUT2D eigenvalue weighted by Crippen LogP contribution is 2.17. The molecule has 0 spiro atoms. The Bertz CT molecular complexity index is 1200. The van der Waals surface area contributed by atoms with Crippen LogP contribution in [0.15, 0.2) is 84.9 Å². The summed E-state index contributed by atoms with van der Waals surface area (Å²) in [4.78, 5) is 0. The molecule has 4 aromatic carbocycles. The van der Waals surface area contributed by atoms with Crippen molar-refractivity contribution >= 4 is 34.6 Å². The van der Waals surface area contributed by atoms with Crippen molar-refractivity contribution < 1.29 is 9.47 Å². The Morgan fingerprint density at radius 1 is 0.633 bits per heavy atom. The molecule has 0 aliphatic heterocycles. The van der Waals surface area contributed by atoms with Gasteiger partial charge >= 0.3 is 0 Å². The monoisotopic (exact) mass is 428 g/mol. The molecule has 148 valence electrons. The molecular weight excluding hydrogens is 406 g/mol. The van der Waals surface area contributed by atoms with E-state index in [0.717, 1.165) is 28.8 Å². The second-order valence-electron chi connectivity index (χ2n) is 6.85. The summed E-state index contributed by atoms with van der Waals surface area (Å²) < 4.78 is 11.3. The molecule has 0 bridgehead atoms. The Morgan fingerprint density at radius 2 is 1.20 bits per heavy atom. The number of benzene rings is 4. The topological polar surface area (TPSA) is 18.5 Å². The highest BCUT2D eigenvalue weighted by molar-refractivity contribution is 7.27. The Morgan fingerprint density at radius 3 is 1.90 bits per heavy atom. The van der Waals surface area contributed by atoms with E-state index in [1.165, 1.54) is 21.6 Å². The number of rotatable bonds is 5. The smallest absolute Gasteiger partial charge is 0.230 e. The van der Waals surface area contributed by atoms with Crippen LogP contribution in [-0.4, -0.2) is 6.79 Å². The predicted molar refractivity (Wildman–Crippen MR) is 132 cm³/mol. The molecule has 4 rings (SSSR count). The van der Waals surface area contributed by atoms with Crippen LogP contribution >= 0.6 is 18.5 Å². The molecule has 0 heterocycles. The summed E-state index contributed by atoms with van der Waals surface area (Å²) in [5, 5.41) is 3.60. The van der Waals surface area contributed by atoms with Gasteiger partial charge in [-0.2, -0.15) is 0 Å². The van der Waals surface area contributed by atoms with Gasteiger partial charge in [-0.3, -0.25) is 0 Å². The Labute approximate surface area is 182 Å². The quantitative estimate of drug-likeness (QED) is 0.236. The third-order valence-corrected chi connectivity index (χ3v) is 5.51. The van der Waals surface area contributed by atoms with Crippen molar-refractivity contribution in [1.29, 1.82) is 0 Å². The van der Waals surface area contributed by atoms with Crippen molar-refractivity contribution in [1.82, 2.24) is 0 Å². The van der Waals surface area contributed by atoms with Crippen molar-refractivity contribution in [2.45, 2.75) is 6.16 Å². The summed E-state index contributed by atoms with van der Waals surface area (Å²) in [6, 6.07) is 28.4. The van der Waals surface area contributed by atoms with Gasteiger partial charge in [0.15, 0.2) is 0 Å². The summed E-state index contributed by atoms with van der Waals surface area (Å²) in [5.41, 5.74) is 3.19. The maximum Gasteiger partial charge on any atom is 0.230 e. The van der Waals surface area contributed by atoms with Gasteiger partial charge in [0.25, 0.3) is 0 Å². The van der Waals surface area contributed by atoms with Gasteiger partial charge in [0.2, 0.25) is 6.79 Å². The molecule has 2 unspecified atom stereocenters. The van der Waals surface area contributed by atoms with Crippen molar-refractivity contribution in [2.24, 2.45) is 0 Å². The van der Waals surface area contributed by atoms with Crippen LogP contribution in [0.5, 0.6) is 11.5 Å². The first-order valence-corrected chi connectivity index (χ1v) is 11.0. The van der Waals surface area contributed by atoms with E-state index in [-0.39, 0.29) is 6.79 Å². The first kappa shape index (κ1) is 20.4. The fourth-order valence-electron chi connectivity index (χ4n) is 3.01. The van der Waals surface area contributed by atoms with Crippen LogP contribution in [0.25, 0.3) is 10.8 Å². The highest BCUT2D eigenvalue weighted by Gasteiger charge is 1.98. The van der Waals surface area contributed by atoms with Crippen LogP contribution in [0, 0.1) is 11.8 Å². The standard InChI is InChI=1S/C26H22O2P2/c29-17-21-6-12-25(13-7-21)28-18-27-24-10-4-19(5-11-24)1-2-20-3-8-23-16-26(30)14-9-22(23)15-20/h3-16H,17-18,29-30H2. The summed E-state index contributed by atoms with van der Waals surface area (Å²) >= 11 is 0. The number of fused-ring (bicyclic) bond motifs is 1. The summed E-state index contributed by atoms with van der Waals surface area (Å²) in [6.07, 6.45) is 0.936. The van der Waals surface area contributed by atoms with E-state index in [9.17, 15) is 0 Å². The Kier molecular flexibility index (Phi) is 6.66. The van der Waals surface area contributed by atoms with Crippen LogP contribution in [0.1, 0.15) is 16.7 Å². The van der Waals surface area contributed by atoms with Gasteiger partial charge in [0.05, 0.1) is 0 Å². The molecule has 0 aromatic heterocycles. The average molecular weight is 428 g/mol. The van der Waals surface area contributed by atoms with Gasteiger partial charge in [-0.05, 0) is 82.4 Å². The molecule has 0 aliphatic rings. The van der Waals surface area contributed by atoms with Crippen molar-refractivity contribution in [3.8, 4) is 23.3 Å². The lowest BCUT2D eigenvalue weighted by Gasteiger charge is -2.09. The van der Waals surface area contributed by atoms with Crippen LogP contribution in [0.4, 0.5) is 0 Å². The maximum absolute atomic E-state index is 5.67. The van der Waals surface area contributed by atoms with Crippen molar-refractivity contribution in [2.75, 3.05) is 6.79 Å². The molecule has 4 heteroatoms. The third-order valence-electron chi connectivity index (χ3n) is 4.68. The predicted octanol–water partition coefficient (Wildman–Crippen LogP) is 5.53. The second kappa shape index (κ2) is 9.77. The first-order valence-electron chi connectivity index (χ1n) is 9.65. The minimum absolute atomic E-state index is 0.167. The fraction of sp³-hybridized carbons (Fsp3) is 0.0769. The largest absolute Gasteiger partial charge is 0.458 e. The lowest BCUT2D eigenvalue weighted by Crippen LogP contribution is -2.05. The molecule has 0 fully saturated rings. The molecule has 30 heavy (non-hydrogen) atoms. The molecule has 0 radical (unpaired) electrons. The molecular formula is C26H22O2P2. The zero-order chi connectivity index (χ0) is 20.8. The van der Waals surface area contributed by atoms with E-state index >= 15 is 0 Å². The van der Waals surface area contributed by atoms with Gasteiger partial charge in [0.1, 0.15) is 11.5 Å². The van der Waals surface area contributed by atoms with Gasteiger partial charge in [-0.15, -0.1) is 18.5 Å². The van der Waals surface area contributed by atoms with Crippen molar-refractivity contribution in [3.05, 3.63) is 102 Å². The van der Waals surface area contributed by atoms with Crippen molar-refractivity contribution in [3.63, 3.8) is 0 Å². The Hall–Kier alpha value is -2.84. The number of hydrogen-bond acceptors (Lipinski definition) is 2. The molecule has 0 saturated heterocycles. The molecule has 0 amide bonds. The Balaban J connectivity index is 1.35. The summed E-state index contributed by atoms with van der Waals surface area (Å²) in [5.74, 6) is 8.00. The molecule has 2 atom stereocenters. The fourth-order valence-corrected chi connectivity index (χ4v) is 3.56. The average Bonchev–Trinajstić information content (AvgIpc) is 2.79. The van der Waals surface area contributed by atoms with Gasteiger partial charge in [0, 0.05) is 11.1 Å². The van der Waals surface area contributed by atoms with Gasteiger partial charge in [-0.25, -0.2) is 0 Å². The van der Waals surface area contributed by atoms with E-state index in [0.29, 0.717) is 0 Å². The maximum atomic E-state index is 5.67. The molecule has 0 saturated carbocycles. The van der Waals surface area contributed by atoms with E-state index < -0.39 is 0 Å². The van der Waals surface area contributed by atoms with Gasteiger partial charge in [-0.1, -0.05) is 42.2 Å². The normalized spacial score (nSPS) is 10.3. The summed E-state index contributed by atoms with van der Waals surface area (Å²) in [6.45, 7) is 0.167. The first-order chi connectivity index (χ1) is 14.7. The molecule has 0 N–H and O–H groups in total. The van der Waals surface area contributed by atoms with Crippen LogP contribution < -0.4 is 14.8 Å². The van der Waals surface area contributed by atoms with Crippen LogP contribution in [0.3, 0.4) is 0 Å². The second-order valence-corrected chi connectivity index (χ2v) is 7.93. The highest BCUT2D eigenvalue weighted by atomic mass is 31.0. The van der Waals surface area contributed by atoms with E-state index in [4.69, 9.17) is 9.47 Å². The minimum atomic E-state index is 0.167. The van der Waals surface area contributed by atoms with Gasteiger partial charge < -0.3 is 9.47 Å². The lowest BCUT2D eigenvalue weighted by atomic mass is 10.1. The SMILES string of the molecule is PCc1ccc(OCOc2ccc(C#Cc3ccc4cc(P)ccc4c3)cc2)cc1. The zero-order valence-corrected chi connectivity index (χ0v) is 18.8. The third kappa shape index (κ3) is 5.40. The molecule has 2 nitrogen and oxygen atoms in total. The van der Waals surface area contributed by atoms with E-state index in [2.05, 4.69) is 66.7 Å².